The normalized spacial score (nSPS) is 35.0. The number of amides is 2. The van der Waals surface area contributed by atoms with E-state index >= 15 is 0 Å². The Morgan fingerprint density at radius 3 is 2.80 bits per heavy atom. The average Bonchev–Trinajstić information content (AvgIpc) is 3.17. The maximum absolute atomic E-state index is 12.8. The average molecular weight is 280 g/mol. The zero-order valence-electron chi connectivity index (χ0n) is 12.2. The molecule has 0 radical (unpaired) electrons. The minimum Gasteiger partial charge on any atom is -0.378 e. The van der Waals surface area contributed by atoms with E-state index in [0.29, 0.717) is 31.5 Å². The molecule has 1 aliphatic carbocycles. The fourth-order valence-corrected chi connectivity index (χ4v) is 3.39. The van der Waals surface area contributed by atoms with E-state index in [0.717, 1.165) is 38.7 Å². The van der Waals surface area contributed by atoms with Crippen LogP contribution in [-0.2, 0) is 14.3 Å². The number of hydrogen-bond donors (Lipinski definition) is 1. The zero-order valence-corrected chi connectivity index (χ0v) is 12.2. The standard InChI is InChI=1S/C15H24N2O3/c1-15(11-4-5-11)14(19)17(9-7-13(18)16-15)8-6-12-3-2-10-20-12/h11-12H,2-10H2,1H3,(H,16,18). The molecule has 0 spiro atoms. The number of nitrogens with zero attached hydrogens (tertiary/aromatic N) is 1. The number of ether oxygens (including phenoxy) is 1. The van der Waals surface area contributed by atoms with E-state index in [1.54, 1.807) is 0 Å². The third-order valence-electron chi connectivity index (χ3n) is 4.88. The van der Waals surface area contributed by atoms with Crippen LogP contribution in [-0.4, -0.2) is 48.1 Å². The van der Waals surface area contributed by atoms with Crippen LogP contribution in [0.5, 0.6) is 0 Å². The second kappa shape index (κ2) is 5.35. The Balaban J connectivity index is 1.65. The molecule has 0 aromatic heterocycles. The molecule has 2 heterocycles. The van der Waals surface area contributed by atoms with E-state index in [1.807, 2.05) is 11.8 Å². The topological polar surface area (TPSA) is 58.6 Å². The fourth-order valence-electron chi connectivity index (χ4n) is 3.39. The van der Waals surface area contributed by atoms with Gasteiger partial charge in [-0.05, 0) is 44.9 Å². The van der Waals surface area contributed by atoms with Gasteiger partial charge in [-0.3, -0.25) is 9.59 Å². The van der Waals surface area contributed by atoms with Crippen molar-refractivity contribution in [3.8, 4) is 0 Å². The van der Waals surface area contributed by atoms with E-state index in [4.69, 9.17) is 4.74 Å². The maximum atomic E-state index is 12.8. The SMILES string of the molecule is CC1(C2CC2)NC(=O)CCN(CCC2CCCO2)C1=O. The van der Waals surface area contributed by atoms with Crippen molar-refractivity contribution in [2.24, 2.45) is 5.92 Å². The van der Waals surface area contributed by atoms with Crippen molar-refractivity contribution in [3.05, 3.63) is 0 Å². The van der Waals surface area contributed by atoms with Crippen molar-refractivity contribution in [3.63, 3.8) is 0 Å². The molecule has 2 aliphatic heterocycles. The Kier molecular flexibility index (Phi) is 3.71. The van der Waals surface area contributed by atoms with Gasteiger partial charge >= 0.3 is 0 Å². The highest BCUT2D eigenvalue weighted by atomic mass is 16.5. The van der Waals surface area contributed by atoms with Gasteiger partial charge in [0.2, 0.25) is 11.8 Å². The van der Waals surface area contributed by atoms with Crippen LogP contribution in [0.3, 0.4) is 0 Å². The Labute approximate surface area is 120 Å². The van der Waals surface area contributed by atoms with E-state index in [2.05, 4.69) is 5.32 Å². The molecule has 0 aromatic carbocycles. The van der Waals surface area contributed by atoms with Gasteiger partial charge in [0.1, 0.15) is 5.54 Å². The minimum atomic E-state index is -0.676. The van der Waals surface area contributed by atoms with E-state index < -0.39 is 5.54 Å². The highest BCUT2D eigenvalue weighted by molar-refractivity contribution is 5.93. The third-order valence-corrected chi connectivity index (χ3v) is 4.88. The van der Waals surface area contributed by atoms with Gasteiger partial charge in [-0.1, -0.05) is 0 Å². The number of carbonyl (C=O) groups is 2. The molecule has 3 rings (SSSR count). The number of carbonyl (C=O) groups excluding carboxylic acids is 2. The molecule has 20 heavy (non-hydrogen) atoms. The molecule has 5 nitrogen and oxygen atoms in total. The van der Waals surface area contributed by atoms with Gasteiger partial charge in [0, 0.05) is 26.1 Å². The molecule has 112 valence electrons. The molecule has 1 N–H and O–H groups in total. The van der Waals surface area contributed by atoms with Gasteiger partial charge in [0.05, 0.1) is 6.10 Å². The van der Waals surface area contributed by atoms with Gasteiger partial charge in [-0.15, -0.1) is 0 Å². The van der Waals surface area contributed by atoms with Crippen LogP contribution in [0.2, 0.25) is 0 Å². The summed E-state index contributed by atoms with van der Waals surface area (Å²) in [6, 6.07) is 0. The first-order chi connectivity index (χ1) is 9.59. The molecule has 5 heteroatoms. The maximum Gasteiger partial charge on any atom is 0.248 e. The van der Waals surface area contributed by atoms with Crippen LogP contribution in [0.4, 0.5) is 0 Å². The second-order valence-corrected chi connectivity index (χ2v) is 6.49. The predicted octanol–water partition coefficient (Wildman–Crippen LogP) is 1.07. The van der Waals surface area contributed by atoms with Crippen molar-refractivity contribution >= 4 is 11.8 Å². The van der Waals surface area contributed by atoms with Crippen molar-refractivity contribution in [2.75, 3.05) is 19.7 Å². The monoisotopic (exact) mass is 280 g/mol. The minimum absolute atomic E-state index is 0.00682. The van der Waals surface area contributed by atoms with Gasteiger partial charge in [-0.2, -0.15) is 0 Å². The molecule has 2 unspecified atom stereocenters. The molecule has 2 atom stereocenters. The Morgan fingerprint density at radius 1 is 1.35 bits per heavy atom. The molecular formula is C15H24N2O3. The van der Waals surface area contributed by atoms with Crippen LogP contribution in [0.1, 0.15) is 45.4 Å². The summed E-state index contributed by atoms with van der Waals surface area (Å²) in [6.45, 7) is 3.99. The van der Waals surface area contributed by atoms with E-state index in [-0.39, 0.29) is 11.8 Å². The molecule has 2 saturated heterocycles. The largest absolute Gasteiger partial charge is 0.378 e. The van der Waals surface area contributed by atoms with Gasteiger partial charge in [-0.25, -0.2) is 0 Å². The summed E-state index contributed by atoms with van der Waals surface area (Å²) in [4.78, 5) is 26.5. The van der Waals surface area contributed by atoms with Gasteiger partial charge in [0.15, 0.2) is 0 Å². The highest BCUT2D eigenvalue weighted by Crippen LogP contribution is 2.41. The predicted molar refractivity (Wildman–Crippen MR) is 74.1 cm³/mol. The van der Waals surface area contributed by atoms with E-state index in [9.17, 15) is 9.59 Å². The van der Waals surface area contributed by atoms with Crippen LogP contribution in [0, 0.1) is 5.92 Å². The van der Waals surface area contributed by atoms with E-state index in [1.165, 1.54) is 0 Å². The second-order valence-electron chi connectivity index (χ2n) is 6.49. The zero-order chi connectivity index (χ0) is 14.2. The number of hydrogen-bond acceptors (Lipinski definition) is 3. The van der Waals surface area contributed by atoms with Crippen molar-refractivity contribution < 1.29 is 14.3 Å². The smallest absolute Gasteiger partial charge is 0.248 e. The summed E-state index contributed by atoms with van der Waals surface area (Å²) < 4.78 is 5.62. The van der Waals surface area contributed by atoms with Crippen LogP contribution in [0.15, 0.2) is 0 Å². The quantitative estimate of drug-likeness (QED) is 0.838. The van der Waals surface area contributed by atoms with Gasteiger partial charge in [0.25, 0.3) is 0 Å². The Hall–Kier alpha value is -1.10. The van der Waals surface area contributed by atoms with Crippen molar-refractivity contribution in [1.82, 2.24) is 10.2 Å². The van der Waals surface area contributed by atoms with Gasteiger partial charge < -0.3 is 15.0 Å². The molecular weight excluding hydrogens is 256 g/mol. The third kappa shape index (κ3) is 2.68. The summed E-state index contributed by atoms with van der Waals surface area (Å²) in [5.74, 6) is 0.429. The molecule has 1 saturated carbocycles. The molecule has 2 amide bonds. The lowest BCUT2D eigenvalue weighted by Gasteiger charge is -2.32. The summed E-state index contributed by atoms with van der Waals surface area (Å²) in [5, 5.41) is 2.96. The van der Waals surface area contributed by atoms with Crippen LogP contribution < -0.4 is 5.32 Å². The Bertz CT molecular complexity index is 402. The number of rotatable bonds is 4. The first-order valence-corrected chi connectivity index (χ1v) is 7.81. The number of nitrogens with one attached hydrogen (secondary N) is 1. The van der Waals surface area contributed by atoms with Crippen LogP contribution in [0.25, 0.3) is 0 Å². The lowest BCUT2D eigenvalue weighted by molar-refractivity contribution is -0.139. The summed E-state index contributed by atoms with van der Waals surface area (Å²) in [6.07, 6.45) is 5.91. The van der Waals surface area contributed by atoms with Crippen LogP contribution >= 0.6 is 0 Å². The molecule has 0 aromatic rings. The molecule has 3 fully saturated rings. The Morgan fingerprint density at radius 2 is 2.15 bits per heavy atom. The highest BCUT2D eigenvalue weighted by Gasteiger charge is 2.50. The van der Waals surface area contributed by atoms with Crippen molar-refractivity contribution in [1.29, 1.82) is 0 Å². The van der Waals surface area contributed by atoms with Crippen molar-refractivity contribution in [2.45, 2.75) is 57.1 Å². The molecule has 3 aliphatic rings. The first-order valence-electron chi connectivity index (χ1n) is 7.81. The molecule has 0 bridgehead atoms. The summed E-state index contributed by atoms with van der Waals surface area (Å²) >= 11 is 0. The fraction of sp³-hybridized carbons (Fsp3) is 0.867. The first kappa shape index (κ1) is 13.9. The summed E-state index contributed by atoms with van der Waals surface area (Å²) in [7, 11) is 0. The lowest BCUT2D eigenvalue weighted by atomic mass is 9.94. The lowest BCUT2D eigenvalue weighted by Crippen LogP contribution is -2.56. The summed E-state index contributed by atoms with van der Waals surface area (Å²) in [5.41, 5.74) is -0.676.